The van der Waals surface area contributed by atoms with Gasteiger partial charge in [-0.05, 0) is 33.6 Å². The largest absolute Gasteiger partial charge is 0.369 e. The van der Waals surface area contributed by atoms with E-state index in [0.717, 1.165) is 18.9 Å². The molecule has 0 radical (unpaired) electrons. The molecule has 10 heteroatoms. The second kappa shape index (κ2) is 8.22. The normalized spacial score (nSPS) is 14.7. The first kappa shape index (κ1) is 19.6. The first-order valence-corrected chi connectivity index (χ1v) is 10.8. The fraction of sp³-hybridized carbons (Fsp3) is 0.588. The predicted octanol–water partition coefficient (Wildman–Crippen LogP) is 1.30. The lowest BCUT2D eigenvalue weighted by atomic mass is 10.4. The van der Waals surface area contributed by atoms with Crippen LogP contribution in [-0.4, -0.2) is 54.1 Å². The number of aromatic nitrogens is 4. The second-order valence-electron chi connectivity index (χ2n) is 6.59. The Bertz CT molecular complexity index is 889. The standard InChI is InChI=1S/C17H27N7O2S/c1-4-23-12-17(22-14(23)3)27(25,26)19-8-7-18-15-11-16(21-13(2)20-15)24-9-5-6-10-24/h11-12,19H,4-10H2,1-3H3,(H,18,20,21). The highest BCUT2D eigenvalue weighted by molar-refractivity contribution is 7.89. The second-order valence-corrected chi connectivity index (χ2v) is 8.30. The van der Waals surface area contributed by atoms with Crippen LogP contribution in [0.3, 0.4) is 0 Å². The molecule has 1 saturated heterocycles. The van der Waals surface area contributed by atoms with Crippen molar-refractivity contribution in [3.05, 3.63) is 23.9 Å². The van der Waals surface area contributed by atoms with Gasteiger partial charge in [0.05, 0.1) is 0 Å². The van der Waals surface area contributed by atoms with Gasteiger partial charge in [0.1, 0.15) is 23.3 Å². The minimum Gasteiger partial charge on any atom is -0.369 e. The van der Waals surface area contributed by atoms with Gasteiger partial charge in [-0.15, -0.1) is 0 Å². The molecule has 1 aliphatic rings. The first-order valence-electron chi connectivity index (χ1n) is 9.27. The van der Waals surface area contributed by atoms with Crippen molar-refractivity contribution in [2.24, 2.45) is 0 Å². The third kappa shape index (κ3) is 4.75. The summed E-state index contributed by atoms with van der Waals surface area (Å²) in [6.45, 7) is 8.97. The number of nitrogens with one attached hydrogen (secondary N) is 2. The van der Waals surface area contributed by atoms with Crippen molar-refractivity contribution in [1.29, 1.82) is 0 Å². The molecule has 0 unspecified atom stereocenters. The van der Waals surface area contributed by atoms with Crippen LogP contribution in [0.1, 0.15) is 31.4 Å². The average molecular weight is 394 g/mol. The summed E-state index contributed by atoms with van der Waals surface area (Å²) in [6.07, 6.45) is 3.92. The molecule has 0 amide bonds. The summed E-state index contributed by atoms with van der Waals surface area (Å²) < 4.78 is 29.1. The Kier molecular flexibility index (Phi) is 5.95. The van der Waals surface area contributed by atoms with E-state index in [2.05, 4.69) is 29.9 Å². The Morgan fingerprint density at radius 3 is 2.52 bits per heavy atom. The van der Waals surface area contributed by atoms with Gasteiger partial charge in [-0.1, -0.05) is 0 Å². The molecule has 2 aromatic rings. The predicted molar refractivity (Wildman–Crippen MR) is 105 cm³/mol. The van der Waals surface area contributed by atoms with Gasteiger partial charge in [0.2, 0.25) is 0 Å². The van der Waals surface area contributed by atoms with Crippen LogP contribution in [0.25, 0.3) is 0 Å². The fourth-order valence-corrected chi connectivity index (χ4v) is 4.17. The van der Waals surface area contributed by atoms with Crippen LogP contribution in [0, 0.1) is 13.8 Å². The van der Waals surface area contributed by atoms with E-state index in [1.54, 1.807) is 17.7 Å². The van der Waals surface area contributed by atoms with E-state index in [1.807, 2.05) is 19.9 Å². The molecular weight excluding hydrogens is 366 g/mol. The van der Waals surface area contributed by atoms with Crippen molar-refractivity contribution in [2.45, 2.75) is 45.2 Å². The molecule has 3 heterocycles. The van der Waals surface area contributed by atoms with Crippen LogP contribution < -0.4 is 14.9 Å². The van der Waals surface area contributed by atoms with E-state index < -0.39 is 10.0 Å². The van der Waals surface area contributed by atoms with Crippen molar-refractivity contribution < 1.29 is 8.42 Å². The van der Waals surface area contributed by atoms with Crippen molar-refractivity contribution in [3.8, 4) is 0 Å². The quantitative estimate of drug-likeness (QED) is 0.651. The smallest absolute Gasteiger partial charge is 0.259 e. The molecule has 27 heavy (non-hydrogen) atoms. The summed E-state index contributed by atoms with van der Waals surface area (Å²) in [5.74, 6) is 3.00. The van der Waals surface area contributed by atoms with Crippen molar-refractivity contribution in [1.82, 2.24) is 24.2 Å². The lowest BCUT2D eigenvalue weighted by molar-refractivity contribution is 0.579. The maximum atomic E-state index is 12.4. The zero-order valence-corrected chi connectivity index (χ0v) is 16.9. The number of hydrogen-bond donors (Lipinski definition) is 2. The molecule has 2 aromatic heterocycles. The minimum absolute atomic E-state index is 0.0519. The lowest BCUT2D eigenvalue weighted by Crippen LogP contribution is -2.29. The molecule has 148 valence electrons. The maximum Gasteiger partial charge on any atom is 0.259 e. The third-order valence-corrected chi connectivity index (χ3v) is 5.88. The Hall–Kier alpha value is -2.20. The van der Waals surface area contributed by atoms with E-state index in [-0.39, 0.29) is 11.6 Å². The van der Waals surface area contributed by atoms with Crippen LogP contribution >= 0.6 is 0 Å². The number of sulfonamides is 1. The SMILES string of the molecule is CCn1cc(S(=O)(=O)NCCNc2cc(N3CCCC3)nc(C)n2)nc1C. The summed E-state index contributed by atoms with van der Waals surface area (Å²) in [4.78, 5) is 15.2. The third-order valence-electron chi connectivity index (χ3n) is 4.55. The van der Waals surface area contributed by atoms with Crippen molar-refractivity contribution in [3.63, 3.8) is 0 Å². The lowest BCUT2D eigenvalue weighted by Gasteiger charge is -2.17. The van der Waals surface area contributed by atoms with E-state index in [4.69, 9.17) is 0 Å². The Morgan fingerprint density at radius 1 is 1.11 bits per heavy atom. The topological polar surface area (TPSA) is 105 Å². The van der Waals surface area contributed by atoms with Crippen molar-refractivity contribution >= 4 is 21.7 Å². The number of nitrogens with zero attached hydrogens (tertiary/aromatic N) is 5. The summed E-state index contributed by atoms with van der Waals surface area (Å²) >= 11 is 0. The highest BCUT2D eigenvalue weighted by Gasteiger charge is 2.18. The highest BCUT2D eigenvalue weighted by Crippen LogP contribution is 2.20. The van der Waals surface area contributed by atoms with Gasteiger partial charge in [0.15, 0.2) is 5.03 Å². The number of aryl methyl sites for hydroxylation is 3. The molecule has 1 fully saturated rings. The molecule has 0 saturated carbocycles. The van der Waals surface area contributed by atoms with Crippen LogP contribution in [0.15, 0.2) is 17.3 Å². The molecule has 0 aromatic carbocycles. The van der Waals surface area contributed by atoms with Crippen LogP contribution in [0.4, 0.5) is 11.6 Å². The minimum atomic E-state index is -3.62. The average Bonchev–Trinajstić information content (AvgIpc) is 3.28. The molecule has 0 aliphatic carbocycles. The highest BCUT2D eigenvalue weighted by atomic mass is 32.2. The number of anilines is 2. The Balaban J connectivity index is 1.56. The number of hydrogen-bond acceptors (Lipinski definition) is 7. The van der Waals surface area contributed by atoms with Crippen LogP contribution in [0.5, 0.6) is 0 Å². The molecule has 0 bridgehead atoms. The van der Waals surface area contributed by atoms with Gasteiger partial charge in [0.25, 0.3) is 10.0 Å². The van der Waals surface area contributed by atoms with Gasteiger partial charge < -0.3 is 14.8 Å². The van der Waals surface area contributed by atoms with E-state index in [0.29, 0.717) is 30.6 Å². The van der Waals surface area contributed by atoms with Gasteiger partial charge in [-0.3, -0.25) is 0 Å². The van der Waals surface area contributed by atoms with E-state index in [9.17, 15) is 8.42 Å². The van der Waals surface area contributed by atoms with E-state index >= 15 is 0 Å². The summed E-state index contributed by atoms with van der Waals surface area (Å²) in [5.41, 5.74) is 0. The van der Waals surface area contributed by atoms with Crippen LogP contribution in [0.2, 0.25) is 0 Å². The van der Waals surface area contributed by atoms with Gasteiger partial charge in [-0.25, -0.2) is 28.1 Å². The Labute approximate surface area is 160 Å². The first-order chi connectivity index (χ1) is 12.9. The van der Waals surface area contributed by atoms with Gasteiger partial charge >= 0.3 is 0 Å². The number of imidazole rings is 1. The zero-order chi connectivity index (χ0) is 19.4. The fourth-order valence-electron chi connectivity index (χ4n) is 3.13. The maximum absolute atomic E-state index is 12.4. The molecular formula is C17H27N7O2S. The number of rotatable bonds is 8. The summed E-state index contributed by atoms with van der Waals surface area (Å²) in [5, 5.41) is 3.22. The molecule has 9 nitrogen and oxygen atoms in total. The van der Waals surface area contributed by atoms with Crippen molar-refractivity contribution in [2.75, 3.05) is 36.4 Å². The summed E-state index contributed by atoms with van der Waals surface area (Å²) in [7, 11) is -3.62. The Morgan fingerprint density at radius 2 is 1.85 bits per heavy atom. The van der Waals surface area contributed by atoms with Gasteiger partial charge in [0, 0.05) is 45.0 Å². The zero-order valence-electron chi connectivity index (χ0n) is 16.1. The molecule has 1 aliphatic heterocycles. The summed E-state index contributed by atoms with van der Waals surface area (Å²) in [6, 6.07) is 1.92. The van der Waals surface area contributed by atoms with Crippen LogP contribution in [-0.2, 0) is 16.6 Å². The molecule has 0 spiro atoms. The van der Waals surface area contributed by atoms with E-state index in [1.165, 1.54) is 12.8 Å². The molecule has 2 N–H and O–H groups in total. The monoisotopic (exact) mass is 393 g/mol. The molecule has 0 atom stereocenters. The van der Waals surface area contributed by atoms with Gasteiger partial charge in [-0.2, -0.15) is 0 Å². The molecule has 3 rings (SSSR count).